The summed E-state index contributed by atoms with van der Waals surface area (Å²) in [6.07, 6.45) is 5.01. The molecule has 1 unspecified atom stereocenters. The second kappa shape index (κ2) is 8.19. The van der Waals surface area contributed by atoms with E-state index in [9.17, 15) is 9.90 Å². The van der Waals surface area contributed by atoms with E-state index in [1.165, 1.54) is 11.3 Å². The normalized spacial score (nSPS) is 15.3. The molecular weight excluding hydrogens is 314 g/mol. The molecule has 3 atom stereocenters. The third-order valence-electron chi connectivity index (χ3n) is 3.47. The Morgan fingerprint density at radius 1 is 1.52 bits per heavy atom. The fourth-order valence-electron chi connectivity index (χ4n) is 2.34. The number of aromatic nitrogens is 3. The number of hydrogen-bond donors (Lipinski definition) is 4. The van der Waals surface area contributed by atoms with Crippen molar-refractivity contribution in [3.05, 3.63) is 34.8 Å². The zero-order chi connectivity index (χ0) is 16.8. The molecule has 0 saturated carbocycles. The molecule has 0 saturated heterocycles. The molecule has 0 bridgehead atoms. The highest BCUT2D eigenvalue weighted by atomic mass is 32.1. The van der Waals surface area contributed by atoms with Crippen molar-refractivity contribution in [2.75, 3.05) is 0 Å². The minimum absolute atomic E-state index is 0.291. The zero-order valence-electron chi connectivity index (χ0n) is 13.3. The van der Waals surface area contributed by atoms with Gasteiger partial charge in [0, 0.05) is 29.9 Å². The van der Waals surface area contributed by atoms with Crippen molar-refractivity contribution in [3.8, 4) is 0 Å². The average Bonchev–Trinajstić information content (AvgIpc) is 3.18. The summed E-state index contributed by atoms with van der Waals surface area (Å²) >= 11 is 1.37. The van der Waals surface area contributed by atoms with E-state index in [2.05, 4.69) is 20.3 Å². The number of aliphatic hydroxyl groups is 1. The summed E-state index contributed by atoms with van der Waals surface area (Å²) in [7, 11) is 0. The summed E-state index contributed by atoms with van der Waals surface area (Å²) in [5, 5.41) is 15.7. The van der Waals surface area contributed by atoms with Crippen LogP contribution in [-0.2, 0) is 11.2 Å². The Hall–Kier alpha value is -1.77. The van der Waals surface area contributed by atoms with Crippen LogP contribution in [0.3, 0.4) is 0 Å². The van der Waals surface area contributed by atoms with Crippen LogP contribution < -0.4 is 11.1 Å². The summed E-state index contributed by atoms with van der Waals surface area (Å²) in [6, 6.07) is -1.12. The van der Waals surface area contributed by atoms with E-state index < -0.39 is 18.2 Å². The molecule has 2 aromatic rings. The van der Waals surface area contributed by atoms with Gasteiger partial charge in [0.25, 0.3) is 0 Å². The lowest BCUT2D eigenvalue weighted by Gasteiger charge is -2.26. The molecule has 8 heteroatoms. The van der Waals surface area contributed by atoms with Crippen molar-refractivity contribution in [2.45, 2.75) is 44.9 Å². The van der Waals surface area contributed by atoms with Gasteiger partial charge in [-0.15, -0.1) is 11.3 Å². The van der Waals surface area contributed by atoms with Gasteiger partial charge >= 0.3 is 0 Å². The number of amides is 1. The molecular formula is C15H23N5O2S. The summed E-state index contributed by atoms with van der Waals surface area (Å²) in [5.74, 6) is 0.0274. The first kappa shape index (κ1) is 17.6. The number of aromatic amines is 1. The van der Waals surface area contributed by atoms with Crippen molar-refractivity contribution < 1.29 is 9.90 Å². The average molecular weight is 337 g/mol. The third kappa shape index (κ3) is 5.12. The van der Waals surface area contributed by atoms with Gasteiger partial charge in [-0.1, -0.05) is 13.8 Å². The van der Waals surface area contributed by atoms with E-state index in [-0.39, 0.29) is 5.91 Å². The minimum atomic E-state index is -0.833. The molecule has 1 amide bonds. The number of carbonyl (C=O) groups is 1. The molecule has 7 nitrogen and oxygen atoms in total. The van der Waals surface area contributed by atoms with Gasteiger partial charge in [-0.3, -0.25) is 4.79 Å². The second-order valence-corrected chi connectivity index (χ2v) is 6.87. The summed E-state index contributed by atoms with van der Waals surface area (Å²) in [6.45, 7) is 4.08. The Bertz CT molecular complexity index is 585. The molecule has 23 heavy (non-hydrogen) atoms. The number of H-pyrrole nitrogens is 1. The summed E-state index contributed by atoms with van der Waals surface area (Å²) in [4.78, 5) is 23.3. The summed E-state index contributed by atoms with van der Waals surface area (Å²) < 4.78 is 0. The van der Waals surface area contributed by atoms with E-state index in [4.69, 9.17) is 5.73 Å². The van der Waals surface area contributed by atoms with Crippen LogP contribution >= 0.6 is 11.3 Å². The highest BCUT2D eigenvalue weighted by Crippen LogP contribution is 2.23. The Balaban J connectivity index is 2.00. The lowest BCUT2D eigenvalue weighted by atomic mass is 9.98. The van der Waals surface area contributed by atoms with Gasteiger partial charge in [0.1, 0.15) is 11.1 Å². The van der Waals surface area contributed by atoms with Crippen molar-refractivity contribution in [1.82, 2.24) is 20.3 Å². The number of aliphatic hydroxyl groups excluding tert-OH is 1. The molecule has 2 aromatic heterocycles. The van der Waals surface area contributed by atoms with Crippen molar-refractivity contribution in [1.29, 1.82) is 0 Å². The van der Waals surface area contributed by atoms with Crippen LogP contribution in [0.25, 0.3) is 0 Å². The molecule has 0 fully saturated rings. The highest BCUT2D eigenvalue weighted by molar-refractivity contribution is 7.09. The molecule has 0 aliphatic heterocycles. The zero-order valence-corrected chi connectivity index (χ0v) is 14.1. The van der Waals surface area contributed by atoms with Gasteiger partial charge in [0.2, 0.25) is 5.91 Å². The number of nitrogens with zero attached hydrogens (tertiary/aromatic N) is 2. The first-order valence-electron chi connectivity index (χ1n) is 7.58. The van der Waals surface area contributed by atoms with Crippen LogP contribution in [0.1, 0.15) is 37.1 Å². The molecule has 0 spiro atoms. The van der Waals surface area contributed by atoms with Gasteiger partial charge < -0.3 is 21.1 Å². The highest BCUT2D eigenvalue weighted by Gasteiger charge is 2.27. The van der Waals surface area contributed by atoms with Crippen molar-refractivity contribution >= 4 is 17.2 Å². The number of nitrogens with two attached hydrogens (primary N) is 1. The van der Waals surface area contributed by atoms with Gasteiger partial charge in [0.15, 0.2) is 0 Å². The van der Waals surface area contributed by atoms with Gasteiger partial charge in [0.05, 0.1) is 18.4 Å². The Morgan fingerprint density at radius 3 is 2.87 bits per heavy atom. The fraction of sp³-hybridized carbons (Fsp3) is 0.533. The van der Waals surface area contributed by atoms with Gasteiger partial charge in [-0.2, -0.15) is 0 Å². The number of thiazole rings is 1. The first-order valence-corrected chi connectivity index (χ1v) is 8.46. The smallest absolute Gasteiger partial charge is 0.237 e. The van der Waals surface area contributed by atoms with Crippen LogP contribution in [0.2, 0.25) is 0 Å². The predicted octanol–water partition coefficient (Wildman–Crippen LogP) is 1.00. The maximum atomic E-state index is 12.3. The van der Waals surface area contributed by atoms with E-state index in [1.807, 2.05) is 13.8 Å². The molecule has 2 heterocycles. The van der Waals surface area contributed by atoms with Crippen LogP contribution in [0, 0.1) is 5.92 Å². The Labute approximate surface area is 139 Å². The number of nitrogens with one attached hydrogen (secondary N) is 2. The van der Waals surface area contributed by atoms with Gasteiger partial charge in [-0.25, -0.2) is 9.97 Å². The molecule has 2 rings (SSSR count). The third-order valence-corrected chi connectivity index (χ3v) is 4.32. The molecule has 126 valence electrons. The van der Waals surface area contributed by atoms with Crippen molar-refractivity contribution in [3.63, 3.8) is 0 Å². The molecule has 0 aliphatic carbocycles. The molecule has 0 aliphatic rings. The van der Waals surface area contributed by atoms with E-state index in [0.29, 0.717) is 23.8 Å². The van der Waals surface area contributed by atoms with Crippen LogP contribution in [0.15, 0.2) is 24.1 Å². The topological polar surface area (TPSA) is 117 Å². The summed E-state index contributed by atoms with van der Waals surface area (Å²) in [5.41, 5.74) is 6.75. The van der Waals surface area contributed by atoms with Crippen molar-refractivity contribution in [2.24, 2.45) is 11.7 Å². The lowest BCUT2D eigenvalue weighted by Crippen LogP contribution is -2.48. The SMILES string of the molecule is CC(C)C[C@H](NC(=O)C(N)Cc1cnc[nH]1)[C@@H](O)c1nccs1. The molecule has 0 radical (unpaired) electrons. The standard InChI is InChI=1S/C15H23N5O2S/c1-9(2)5-12(13(21)15-18-3-4-23-15)20-14(22)11(16)6-10-7-17-8-19-10/h3-4,7-9,11-13,21H,5-6,16H2,1-2H3,(H,17,19)(H,20,22)/t11?,12-,13+/m0/s1. The number of rotatable bonds is 8. The fourth-order valence-corrected chi connectivity index (χ4v) is 3.03. The number of carbonyl (C=O) groups excluding carboxylic acids is 1. The minimum Gasteiger partial charge on any atom is -0.384 e. The van der Waals surface area contributed by atoms with E-state index >= 15 is 0 Å². The maximum Gasteiger partial charge on any atom is 0.237 e. The molecule has 0 aromatic carbocycles. The van der Waals surface area contributed by atoms with Gasteiger partial charge in [-0.05, 0) is 12.3 Å². The Morgan fingerprint density at radius 2 is 2.30 bits per heavy atom. The maximum absolute atomic E-state index is 12.3. The van der Waals surface area contributed by atoms with E-state index in [1.54, 1.807) is 24.1 Å². The van der Waals surface area contributed by atoms with Crippen LogP contribution in [-0.4, -0.2) is 38.0 Å². The second-order valence-electron chi connectivity index (χ2n) is 5.95. The number of imidazole rings is 1. The number of hydrogen-bond acceptors (Lipinski definition) is 6. The quantitative estimate of drug-likeness (QED) is 0.573. The Kier molecular flexibility index (Phi) is 6.26. The first-order chi connectivity index (χ1) is 11.0. The lowest BCUT2D eigenvalue weighted by molar-refractivity contribution is -0.124. The largest absolute Gasteiger partial charge is 0.384 e. The van der Waals surface area contributed by atoms with E-state index in [0.717, 1.165) is 5.69 Å². The van der Waals surface area contributed by atoms with Crippen LogP contribution in [0.5, 0.6) is 0 Å². The monoisotopic (exact) mass is 337 g/mol. The predicted molar refractivity (Wildman–Crippen MR) is 88.7 cm³/mol. The molecule has 5 N–H and O–H groups in total. The van der Waals surface area contributed by atoms with Crippen LogP contribution in [0.4, 0.5) is 0 Å².